The number of hydrogen-bond donors (Lipinski definition) is 0. The molecular weight excluding hydrogens is 146 g/mol. The van der Waals surface area contributed by atoms with Crippen molar-refractivity contribution in [3.05, 3.63) is 0 Å². The molecule has 0 aliphatic heterocycles. The van der Waals surface area contributed by atoms with Gasteiger partial charge in [0.25, 0.3) is 0 Å². The second kappa shape index (κ2) is 5.58. The Morgan fingerprint density at radius 2 is 1.62 bits per heavy atom. The van der Waals surface area contributed by atoms with Gasteiger partial charge in [-0.2, -0.15) is 0 Å². The van der Waals surface area contributed by atoms with Crippen LogP contribution < -0.4 is 0 Å². The molecule has 0 heterocycles. The van der Waals surface area contributed by atoms with Crippen LogP contribution in [0.1, 0.15) is 0 Å². The standard InChI is InChI=1S/C3H8O3P2/c4-3(1-5-7)2-6-8/h1-2,7-8H2. The van der Waals surface area contributed by atoms with Gasteiger partial charge in [-0.1, -0.05) is 0 Å². The average molecular weight is 154 g/mol. The van der Waals surface area contributed by atoms with Gasteiger partial charge in [-0.25, -0.2) is 0 Å². The maximum absolute atomic E-state index is 10.4. The van der Waals surface area contributed by atoms with Gasteiger partial charge in [0.1, 0.15) is 13.2 Å². The van der Waals surface area contributed by atoms with Gasteiger partial charge in [-0.3, -0.25) is 4.79 Å². The van der Waals surface area contributed by atoms with Gasteiger partial charge < -0.3 is 9.05 Å². The summed E-state index contributed by atoms with van der Waals surface area (Å²) in [6.07, 6.45) is 0. The Morgan fingerprint density at radius 1 is 1.25 bits per heavy atom. The molecule has 0 saturated heterocycles. The summed E-state index contributed by atoms with van der Waals surface area (Å²) in [5.41, 5.74) is 0. The van der Waals surface area contributed by atoms with Crippen molar-refractivity contribution in [3.8, 4) is 0 Å². The van der Waals surface area contributed by atoms with Crippen LogP contribution in [0.4, 0.5) is 0 Å². The van der Waals surface area contributed by atoms with Crippen molar-refractivity contribution < 1.29 is 13.8 Å². The molecule has 2 atom stereocenters. The van der Waals surface area contributed by atoms with E-state index in [0.717, 1.165) is 0 Å². The van der Waals surface area contributed by atoms with E-state index in [1.807, 2.05) is 18.9 Å². The Morgan fingerprint density at radius 3 is 1.88 bits per heavy atom. The molecule has 0 fully saturated rings. The predicted molar refractivity (Wildman–Crippen MR) is 36.3 cm³/mol. The summed E-state index contributed by atoms with van der Waals surface area (Å²) in [6.45, 7) is 0.193. The number of ketones is 1. The molecule has 8 heavy (non-hydrogen) atoms. The highest BCUT2D eigenvalue weighted by molar-refractivity contribution is 7.10. The van der Waals surface area contributed by atoms with Gasteiger partial charge in [-0.15, -0.1) is 0 Å². The lowest BCUT2D eigenvalue weighted by Gasteiger charge is -1.93. The molecule has 0 amide bonds. The van der Waals surface area contributed by atoms with Crippen molar-refractivity contribution in [1.82, 2.24) is 0 Å². The third-order valence-corrected chi connectivity index (χ3v) is 0.822. The maximum atomic E-state index is 10.4. The van der Waals surface area contributed by atoms with E-state index in [2.05, 4.69) is 9.05 Å². The van der Waals surface area contributed by atoms with E-state index in [-0.39, 0.29) is 19.0 Å². The summed E-state index contributed by atoms with van der Waals surface area (Å²) < 4.78 is 8.87. The zero-order valence-corrected chi connectivity index (χ0v) is 6.60. The topological polar surface area (TPSA) is 35.5 Å². The van der Waals surface area contributed by atoms with Crippen molar-refractivity contribution >= 4 is 24.7 Å². The molecule has 0 rings (SSSR count). The van der Waals surface area contributed by atoms with Gasteiger partial charge in [-0.05, 0) is 0 Å². The van der Waals surface area contributed by atoms with Gasteiger partial charge in [0, 0.05) is 18.9 Å². The molecule has 0 aromatic heterocycles. The highest BCUT2D eigenvalue weighted by atomic mass is 31.0. The number of carbonyl (C=O) groups is 1. The van der Waals surface area contributed by atoms with E-state index in [9.17, 15) is 4.79 Å². The summed E-state index contributed by atoms with van der Waals surface area (Å²) in [7, 11) is 3.98. The number of carbonyl (C=O) groups excluding carboxylic acids is 1. The van der Waals surface area contributed by atoms with Gasteiger partial charge in [0.15, 0.2) is 5.78 Å². The van der Waals surface area contributed by atoms with Crippen LogP contribution in [0.15, 0.2) is 0 Å². The molecule has 48 valence electrons. The van der Waals surface area contributed by atoms with Crippen molar-refractivity contribution in [2.75, 3.05) is 13.2 Å². The fourth-order valence-corrected chi connectivity index (χ4v) is 0.599. The first kappa shape index (κ1) is 8.45. The van der Waals surface area contributed by atoms with Gasteiger partial charge in [0.05, 0.1) is 0 Å². The molecule has 0 saturated carbocycles. The van der Waals surface area contributed by atoms with Crippen LogP contribution in [0.2, 0.25) is 0 Å². The largest absolute Gasteiger partial charge is 0.358 e. The van der Waals surface area contributed by atoms with Crippen LogP contribution in [0.5, 0.6) is 0 Å². The fourth-order valence-electron chi connectivity index (χ4n) is 0.228. The first-order valence-electron chi connectivity index (χ1n) is 1.96. The molecule has 5 heteroatoms. The average Bonchev–Trinajstić information content (AvgIpc) is 1.68. The minimum atomic E-state index is -0.0741. The Labute approximate surface area is 52.7 Å². The van der Waals surface area contributed by atoms with E-state index < -0.39 is 0 Å². The second-order valence-electron chi connectivity index (χ2n) is 1.16. The lowest BCUT2D eigenvalue weighted by Crippen LogP contribution is -2.09. The smallest absolute Gasteiger partial charge is 0.184 e. The first-order chi connectivity index (χ1) is 3.81. The molecule has 3 nitrogen and oxygen atoms in total. The van der Waals surface area contributed by atoms with Crippen molar-refractivity contribution in [2.24, 2.45) is 0 Å². The lowest BCUT2D eigenvalue weighted by molar-refractivity contribution is -0.122. The minimum absolute atomic E-state index is 0.0741. The van der Waals surface area contributed by atoms with E-state index in [4.69, 9.17) is 0 Å². The number of Topliss-reactive ketones (excluding diaryl/α,β-unsaturated/α-hetero) is 1. The predicted octanol–water partition coefficient (Wildman–Crippen LogP) is 0.169. The molecule has 2 unspecified atom stereocenters. The van der Waals surface area contributed by atoms with Crippen LogP contribution in [0.25, 0.3) is 0 Å². The second-order valence-corrected chi connectivity index (χ2v) is 1.83. The minimum Gasteiger partial charge on any atom is -0.358 e. The van der Waals surface area contributed by atoms with Crippen LogP contribution in [-0.4, -0.2) is 19.0 Å². The summed E-state index contributed by atoms with van der Waals surface area (Å²) in [6, 6.07) is 0. The van der Waals surface area contributed by atoms with Gasteiger partial charge in [0.2, 0.25) is 0 Å². The summed E-state index contributed by atoms with van der Waals surface area (Å²) in [4.78, 5) is 10.4. The molecular formula is C3H8O3P2. The molecule has 0 bridgehead atoms. The normalized spacial score (nSPS) is 9.25. The third kappa shape index (κ3) is 4.61. The van der Waals surface area contributed by atoms with Gasteiger partial charge >= 0.3 is 0 Å². The summed E-state index contributed by atoms with van der Waals surface area (Å²) in [5.74, 6) is -0.0741. The molecule has 0 N–H and O–H groups in total. The zero-order chi connectivity index (χ0) is 6.41. The zero-order valence-electron chi connectivity index (χ0n) is 4.29. The monoisotopic (exact) mass is 154 g/mol. The van der Waals surface area contributed by atoms with Crippen LogP contribution >= 0.6 is 18.9 Å². The lowest BCUT2D eigenvalue weighted by atomic mass is 10.5. The molecule has 0 aromatic rings. The Balaban J connectivity index is 3.06. The number of rotatable bonds is 4. The van der Waals surface area contributed by atoms with Crippen molar-refractivity contribution in [1.29, 1.82) is 0 Å². The fraction of sp³-hybridized carbons (Fsp3) is 0.667. The molecule has 0 spiro atoms. The quantitative estimate of drug-likeness (QED) is 0.541. The summed E-state index contributed by atoms with van der Waals surface area (Å²) >= 11 is 0. The van der Waals surface area contributed by atoms with Crippen LogP contribution in [0, 0.1) is 0 Å². The van der Waals surface area contributed by atoms with E-state index >= 15 is 0 Å². The highest BCUT2D eigenvalue weighted by Gasteiger charge is 1.96. The SMILES string of the molecule is O=C(COP)COP. The Bertz CT molecular complexity index is 66.9. The van der Waals surface area contributed by atoms with Crippen LogP contribution in [-0.2, 0) is 13.8 Å². The Kier molecular flexibility index (Phi) is 5.90. The molecule has 0 aromatic carbocycles. The maximum Gasteiger partial charge on any atom is 0.184 e. The van der Waals surface area contributed by atoms with Crippen molar-refractivity contribution in [2.45, 2.75) is 0 Å². The first-order valence-corrected chi connectivity index (χ1v) is 2.90. The van der Waals surface area contributed by atoms with E-state index in [1.165, 1.54) is 0 Å². The van der Waals surface area contributed by atoms with E-state index in [1.54, 1.807) is 0 Å². The van der Waals surface area contributed by atoms with Crippen LogP contribution in [0.3, 0.4) is 0 Å². The Hall–Kier alpha value is 0.450. The molecule has 0 radical (unpaired) electrons. The van der Waals surface area contributed by atoms with Crippen molar-refractivity contribution in [3.63, 3.8) is 0 Å². The summed E-state index contributed by atoms with van der Waals surface area (Å²) in [5, 5.41) is 0. The molecule has 0 aliphatic carbocycles. The highest BCUT2D eigenvalue weighted by Crippen LogP contribution is 1.88. The molecule has 0 aliphatic rings. The van der Waals surface area contributed by atoms with E-state index in [0.29, 0.717) is 0 Å². The number of hydrogen-bond acceptors (Lipinski definition) is 3. The third-order valence-electron chi connectivity index (χ3n) is 0.489.